The van der Waals surface area contributed by atoms with Gasteiger partial charge in [-0.25, -0.2) is 9.97 Å². The molecule has 5 aromatic rings. The number of carbonyl (C=O) groups is 1. The summed E-state index contributed by atoms with van der Waals surface area (Å²) in [6.07, 6.45) is 0. The lowest BCUT2D eigenvalue weighted by Gasteiger charge is -2.44. The summed E-state index contributed by atoms with van der Waals surface area (Å²) in [4.78, 5) is 27.5. The molecule has 2 unspecified atom stereocenters. The number of alkyl halides is 1. The molecule has 0 saturated carbocycles. The van der Waals surface area contributed by atoms with Gasteiger partial charge in [-0.3, -0.25) is 9.69 Å². The number of fused-ring (bicyclic) bond motifs is 1. The number of β-lactam (4-membered cyclic amide) rings is 1. The van der Waals surface area contributed by atoms with Crippen LogP contribution in [0.3, 0.4) is 0 Å². The molecule has 174 valence electrons. The molecule has 1 fully saturated rings. The molecule has 2 aromatic heterocycles. The predicted octanol–water partition coefficient (Wildman–Crippen LogP) is 6.17. The quantitative estimate of drug-likeness (QED) is 0.242. The summed E-state index contributed by atoms with van der Waals surface area (Å²) in [5, 5.41) is 9.56. The Morgan fingerprint density at radius 3 is 2.50 bits per heavy atom. The first-order valence-electron chi connectivity index (χ1n) is 11.5. The molecule has 3 heterocycles. The van der Waals surface area contributed by atoms with Crippen molar-refractivity contribution in [2.45, 2.75) is 18.3 Å². The van der Waals surface area contributed by atoms with Crippen molar-refractivity contribution in [1.29, 1.82) is 5.26 Å². The monoisotopic (exact) mass is 489 g/mol. The van der Waals surface area contributed by atoms with E-state index in [1.807, 2.05) is 91.9 Å². The first kappa shape index (κ1) is 22.0. The van der Waals surface area contributed by atoms with E-state index in [1.165, 1.54) is 4.90 Å². The first-order valence-corrected chi connectivity index (χ1v) is 12.0. The number of hydrogen-bond donors (Lipinski definition) is 1. The molecule has 1 aliphatic heterocycles. The van der Waals surface area contributed by atoms with E-state index in [9.17, 15) is 10.1 Å². The van der Waals surface area contributed by atoms with Crippen molar-refractivity contribution in [3.8, 4) is 28.7 Å². The molecule has 3 aromatic carbocycles. The average molecular weight is 490 g/mol. The minimum Gasteiger partial charge on any atom is -0.337 e. The molecule has 1 saturated heterocycles. The van der Waals surface area contributed by atoms with E-state index in [-0.39, 0.29) is 11.7 Å². The van der Waals surface area contributed by atoms with Gasteiger partial charge < -0.3 is 4.98 Å². The maximum Gasteiger partial charge on any atom is 0.249 e. The summed E-state index contributed by atoms with van der Waals surface area (Å²) < 4.78 is 0. The topological polar surface area (TPSA) is 85.7 Å². The molecule has 36 heavy (non-hydrogen) atoms. The lowest BCUT2D eigenvalue weighted by Crippen LogP contribution is -2.57. The number of halogens is 1. The summed E-state index contributed by atoms with van der Waals surface area (Å²) in [7, 11) is 0. The van der Waals surface area contributed by atoms with E-state index in [0.717, 1.165) is 27.7 Å². The van der Waals surface area contributed by atoms with Crippen LogP contribution in [0.5, 0.6) is 0 Å². The number of nitrogens with zero attached hydrogens (tertiary/aromatic N) is 4. The number of H-pyrrole nitrogens is 1. The standard InChI is InChI=1S/C29H20ClN5O/c1-17-8-7-11-19(14-17)20-15-24(27-32-22-12-5-6-13-23(22)33-27)34-28(21(20)16-31)35-26(25(30)29(35)36)18-9-3-2-4-10-18/h2-15,25-26H,1H3,(H,32,33). The zero-order valence-corrected chi connectivity index (χ0v) is 20.1. The van der Waals surface area contributed by atoms with Gasteiger partial charge in [-0.2, -0.15) is 5.26 Å². The average Bonchev–Trinajstić information content (AvgIpc) is 3.35. The Balaban J connectivity index is 1.60. The van der Waals surface area contributed by atoms with Crippen LogP contribution in [0.15, 0.2) is 84.9 Å². The number of pyridine rings is 1. The summed E-state index contributed by atoms with van der Waals surface area (Å²) in [6, 6.07) is 28.9. The number of aromatic nitrogens is 3. The first-order chi connectivity index (χ1) is 17.5. The van der Waals surface area contributed by atoms with Crippen LogP contribution in [0.4, 0.5) is 5.82 Å². The summed E-state index contributed by atoms with van der Waals surface area (Å²) in [6.45, 7) is 2.00. The van der Waals surface area contributed by atoms with Crippen LogP contribution in [-0.2, 0) is 4.79 Å². The number of amides is 1. The molecule has 1 aliphatic rings. The maximum atomic E-state index is 13.1. The van der Waals surface area contributed by atoms with E-state index >= 15 is 0 Å². The molecule has 0 radical (unpaired) electrons. The lowest BCUT2D eigenvalue weighted by molar-refractivity contribution is -0.123. The predicted molar refractivity (Wildman–Crippen MR) is 141 cm³/mol. The van der Waals surface area contributed by atoms with Gasteiger partial charge in [0.05, 0.1) is 17.1 Å². The minimum absolute atomic E-state index is 0.280. The summed E-state index contributed by atoms with van der Waals surface area (Å²) in [5.41, 5.74) is 6.02. The Bertz CT molecular complexity index is 1640. The number of benzene rings is 3. The number of carbonyl (C=O) groups excluding carboxylic acids is 1. The zero-order chi connectivity index (χ0) is 24.8. The number of imidazole rings is 1. The molecule has 1 N–H and O–H groups in total. The Morgan fingerprint density at radius 2 is 1.75 bits per heavy atom. The number of hydrogen-bond acceptors (Lipinski definition) is 4. The van der Waals surface area contributed by atoms with Gasteiger partial charge in [-0.15, -0.1) is 11.6 Å². The van der Waals surface area contributed by atoms with E-state index in [0.29, 0.717) is 22.6 Å². The van der Waals surface area contributed by atoms with Crippen LogP contribution in [-0.4, -0.2) is 26.2 Å². The van der Waals surface area contributed by atoms with Crippen molar-refractivity contribution in [2.24, 2.45) is 0 Å². The summed E-state index contributed by atoms with van der Waals surface area (Å²) in [5.74, 6) is 0.552. The van der Waals surface area contributed by atoms with E-state index < -0.39 is 11.4 Å². The molecule has 6 nitrogen and oxygen atoms in total. The smallest absolute Gasteiger partial charge is 0.249 e. The third-order valence-electron chi connectivity index (χ3n) is 6.47. The Hall–Kier alpha value is -4.47. The number of nitriles is 1. The van der Waals surface area contributed by atoms with Gasteiger partial charge in [-0.05, 0) is 36.2 Å². The largest absolute Gasteiger partial charge is 0.337 e. The van der Waals surface area contributed by atoms with Crippen LogP contribution in [0.2, 0.25) is 0 Å². The fourth-order valence-corrected chi connectivity index (χ4v) is 5.07. The molecule has 2 atom stereocenters. The molecular formula is C29H20ClN5O. The number of nitrogens with one attached hydrogen (secondary N) is 1. The maximum absolute atomic E-state index is 13.1. The number of rotatable bonds is 4. The summed E-state index contributed by atoms with van der Waals surface area (Å²) >= 11 is 6.51. The normalized spacial score (nSPS) is 17.1. The van der Waals surface area contributed by atoms with Gasteiger partial charge >= 0.3 is 0 Å². The van der Waals surface area contributed by atoms with Crippen LogP contribution in [0.25, 0.3) is 33.7 Å². The molecule has 0 aliphatic carbocycles. The highest BCUT2D eigenvalue weighted by Crippen LogP contribution is 2.45. The van der Waals surface area contributed by atoms with Crippen molar-refractivity contribution in [3.05, 3.63) is 102 Å². The second-order valence-electron chi connectivity index (χ2n) is 8.80. The van der Waals surface area contributed by atoms with Crippen LogP contribution >= 0.6 is 11.6 Å². The Labute approximate surface area is 212 Å². The second kappa shape index (κ2) is 8.63. The highest BCUT2D eigenvalue weighted by atomic mass is 35.5. The van der Waals surface area contributed by atoms with Gasteiger partial charge in [0.2, 0.25) is 5.91 Å². The van der Waals surface area contributed by atoms with Gasteiger partial charge in [0, 0.05) is 5.56 Å². The number of aryl methyl sites for hydroxylation is 1. The number of anilines is 1. The third kappa shape index (κ3) is 3.53. The molecule has 7 heteroatoms. The highest BCUT2D eigenvalue weighted by Gasteiger charge is 2.49. The molecule has 6 rings (SSSR count). The Morgan fingerprint density at radius 1 is 0.972 bits per heavy atom. The van der Waals surface area contributed by atoms with Crippen molar-refractivity contribution in [2.75, 3.05) is 4.90 Å². The van der Waals surface area contributed by atoms with Crippen LogP contribution in [0, 0.1) is 18.3 Å². The SMILES string of the molecule is Cc1cccc(-c2cc(-c3nc4ccccc4[nH]3)nc(N3C(=O)C(Cl)C3c3ccccc3)c2C#N)c1. The molecule has 0 spiro atoms. The van der Waals surface area contributed by atoms with Gasteiger partial charge in [0.25, 0.3) is 0 Å². The van der Waals surface area contributed by atoms with E-state index in [2.05, 4.69) is 11.1 Å². The van der Waals surface area contributed by atoms with Crippen molar-refractivity contribution >= 4 is 34.4 Å². The Kier molecular flexibility index (Phi) is 5.28. The van der Waals surface area contributed by atoms with Crippen molar-refractivity contribution in [1.82, 2.24) is 15.0 Å². The third-order valence-corrected chi connectivity index (χ3v) is 6.90. The van der Waals surface area contributed by atoms with Gasteiger partial charge in [0.15, 0.2) is 11.6 Å². The van der Waals surface area contributed by atoms with Crippen LogP contribution in [0.1, 0.15) is 22.7 Å². The number of aromatic amines is 1. The molecule has 1 amide bonds. The lowest BCUT2D eigenvalue weighted by atomic mass is 9.91. The molecular weight excluding hydrogens is 470 g/mol. The zero-order valence-electron chi connectivity index (χ0n) is 19.3. The minimum atomic E-state index is -0.738. The van der Waals surface area contributed by atoms with Gasteiger partial charge in [0.1, 0.15) is 22.7 Å². The van der Waals surface area contributed by atoms with Crippen molar-refractivity contribution < 1.29 is 4.79 Å². The second-order valence-corrected chi connectivity index (χ2v) is 9.27. The van der Waals surface area contributed by atoms with Crippen LogP contribution < -0.4 is 4.90 Å². The molecule has 0 bridgehead atoms. The highest BCUT2D eigenvalue weighted by molar-refractivity contribution is 6.37. The fourth-order valence-electron chi connectivity index (χ4n) is 4.71. The van der Waals surface area contributed by atoms with E-state index in [1.54, 1.807) is 0 Å². The number of para-hydroxylation sites is 2. The fraction of sp³-hybridized carbons (Fsp3) is 0.103. The van der Waals surface area contributed by atoms with Gasteiger partial charge in [-0.1, -0.05) is 72.3 Å². The van der Waals surface area contributed by atoms with Crippen molar-refractivity contribution in [3.63, 3.8) is 0 Å². The van der Waals surface area contributed by atoms with E-state index in [4.69, 9.17) is 21.6 Å².